The second-order valence-electron chi connectivity index (χ2n) is 4.48. The molecule has 0 fully saturated rings. The van der Waals surface area contributed by atoms with E-state index in [9.17, 15) is 9.18 Å². The Morgan fingerprint density at radius 3 is 2.63 bits per heavy atom. The maximum absolute atomic E-state index is 12.8. The SMILES string of the molecule is Cc1cc(CN(C)C(=O)Cc2ccc(F)cc2)no1. The Morgan fingerprint density at radius 2 is 2.05 bits per heavy atom. The van der Waals surface area contributed by atoms with Crippen molar-refractivity contribution in [2.24, 2.45) is 0 Å². The summed E-state index contributed by atoms with van der Waals surface area (Å²) in [4.78, 5) is 13.6. The largest absolute Gasteiger partial charge is 0.361 e. The highest BCUT2D eigenvalue weighted by atomic mass is 19.1. The number of aryl methyl sites for hydroxylation is 1. The van der Waals surface area contributed by atoms with E-state index in [0.29, 0.717) is 12.2 Å². The second-order valence-corrected chi connectivity index (χ2v) is 4.48. The van der Waals surface area contributed by atoms with Crippen LogP contribution in [0.25, 0.3) is 0 Å². The van der Waals surface area contributed by atoms with Gasteiger partial charge in [0.2, 0.25) is 5.91 Å². The standard InChI is InChI=1S/C14H15FN2O2/c1-10-7-13(16-19-10)9-17(2)14(18)8-11-3-5-12(15)6-4-11/h3-7H,8-9H2,1-2H3. The van der Waals surface area contributed by atoms with Crippen molar-refractivity contribution in [1.29, 1.82) is 0 Å². The first-order valence-electron chi connectivity index (χ1n) is 5.95. The van der Waals surface area contributed by atoms with Crippen LogP contribution in [-0.4, -0.2) is 23.0 Å². The quantitative estimate of drug-likeness (QED) is 0.849. The molecule has 0 aliphatic carbocycles. The van der Waals surface area contributed by atoms with Gasteiger partial charge in [0, 0.05) is 13.1 Å². The van der Waals surface area contributed by atoms with Gasteiger partial charge in [-0.05, 0) is 24.6 Å². The number of likely N-dealkylation sites (N-methyl/N-ethyl adjacent to an activating group) is 1. The van der Waals surface area contributed by atoms with E-state index >= 15 is 0 Å². The molecule has 2 rings (SSSR count). The minimum absolute atomic E-state index is 0.0488. The van der Waals surface area contributed by atoms with Crippen molar-refractivity contribution >= 4 is 5.91 Å². The monoisotopic (exact) mass is 262 g/mol. The van der Waals surface area contributed by atoms with Crippen molar-refractivity contribution in [2.75, 3.05) is 7.05 Å². The van der Waals surface area contributed by atoms with Gasteiger partial charge in [-0.25, -0.2) is 4.39 Å². The van der Waals surface area contributed by atoms with Crippen molar-refractivity contribution in [1.82, 2.24) is 10.1 Å². The number of amides is 1. The van der Waals surface area contributed by atoms with Gasteiger partial charge >= 0.3 is 0 Å². The number of aromatic nitrogens is 1. The molecule has 5 heteroatoms. The summed E-state index contributed by atoms with van der Waals surface area (Å²) in [6, 6.07) is 7.72. The topological polar surface area (TPSA) is 46.3 Å². The first-order valence-corrected chi connectivity index (χ1v) is 5.95. The molecule has 0 radical (unpaired) electrons. The molecule has 0 spiro atoms. The minimum atomic E-state index is -0.303. The van der Waals surface area contributed by atoms with E-state index in [1.54, 1.807) is 37.1 Å². The van der Waals surface area contributed by atoms with E-state index in [2.05, 4.69) is 5.16 Å². The molecule has 2 aromatic rings. The molecule has 0 aliphatic heterocycles. The molecule has 1 aromatic carbocycles. The first-order chi connectivity index (χ1) is 9.04. The van der Waals surface area contributed by atoms with Crippen LogP contribution in [0.2, 0.25) is 0 Å². The van der Waals surface area contributed by atoms with Crippen LogP contribution in [0.3, 0.4) is 0 Å². The first kappa shape index (κ1) is 13.3. The number of hydrogen-bond acceptors (Lipinski definition) is 3. The molecule has 0 atom stereocenters. The average molecular weight is 262 g/mol. The summed E-state index contributed by atoms with van der Waals surface area (Å²) < 4.78 is 17.7. The van der Waals surface area contributed by atoms with Crippen molar-refractivity contribution in [3.63, 3.8) is 0 Å². The maximum atomic E-state index is 12.8. The predicted octanol–water partition coefficient (Wildman–Crippen LogP) is 2.32. The molecule has 0 aliphatic rings. The molecule has 0 N–H and O–H groups in total. The molecule has 4 nitrogen and oxygen atoms in total. The maximum Gasteiger partial charge on any atom is 0.227 e. The molecule has 0 saturated heterocycles. The second kappa shape index (κ2) is 5.65. The molecule has 19 heavy (non-hydrogen) atoms. The van der Waals surface area contributed by atoms with E-state index in [-0.39, 0.29) is 18.1 Å². The Kier molecular flexibility index (Phi) is 3.94. The zero-order valence-electron chi connectivity index (χ0n) is 10.9. The molecular weight excluding hydrogens is 247 g/mol. The van der Waals surface area contributed by atoms with Crippen LogP contribution in [0.15, 0.2) is 34.9 Å². The molecule has 100 valence electrons. The summed E-state index contributed by atoms with van der Waals surface area (Å²) in [5.41, 5.74) is 1.50. The highest BCUT2D eigenvalue weighted by Gasteiger charge is 2.12. The molecule has 1 aromatic heterocycles. The van der Waals surface area contributed by atoms with Gasteiger partial charge in [-0.1, -0.05) is 17.3 Å². The van der Waals surface area contributed by atoms with Crippen LogP contribution in [-0.2, 0) is 17.8 Å². The van der Waals surface area contributed by atoms with Gasteiger partial charge in [0.05, 0.1) is 13.0 Å². The number of benzene rings is 1. The van der Waals surface area contributed by atoms with Crippen molar-refractivity contribution in [3.8, 4) is 0 Å². The molecule has 1 heterocycles. The van der Waals surface area contributed by atoms with Crippen molar-refractivity contribution < 1.29 is 13.7 Å². The van der Waals surface area contributed by atoms with Gasteiger partial charge in [0.15, 0.2) is 0 Å². The number of hydrogen-bond donors (Lipinski definition) is 0. The van der Waals surface area contributed by atoms with Gasteiger partial charge in [-0.3, -0.25) is 4.79 Å². The fourth-order valence-electron chi connectivity index (χ4n) is 1.74. The lowest BCUT2D eigenvalue weighted by atomic mass is 10.1. The Hall–Kier alpha value is -2.17. The number of rotatable bonds is 4. The summed E-state index contributed by atoms with van der Waals surface area (Å²) in [6.45, 7) is 2.20. The third-order valence-electron chi connectivity index (χ3n) is 2.77. The van der Waals surface area contributed by atoms with Crippen LogP contribution in [0.5, 0.6) is 0 Å². The highest BCUT2D eigenvalue weighted by molar-refractivity contribution is 5.78. The van der Waals surface area contributed by atoms with Gasteiger partial charge < -0.3 is 9.42 Å². The van der Waals surface area contributed by atoms with Crippen molar-refractivity contribution in [3.05, 3.63) is 53.2 Å². The van der Waals surface area contributed by atoms with E-state index in [1.165, 1.54) is 12.1 Å². The van der Waals surface area contributed by atoms with Gasteiger partial charge in [-0.2, -0.15) is 0 Å². The molecule has 1 amide bonds. The van der Waals surface area contributed by atoms with Crippen LogP contribution >= 0.6 is 0 Å². The highest BCUT2D eigenvalue weighted by Crippen LogP contribution is 2.08. The number of halogens is 1. The molecule has 0 unspecified atom stereocenters. The van der Waals surface area contributed by atoms with Crippen LogP contribution in [0, 0.1) is 12.7 Å². The van der Waals surface area contributed by atoms with E-state index in [1.807, 2.05) is 0 Å². The lowest BCUT2D eigenvalue weighted by molar-refractivity contribution is -0.129. The summed E-state index contributed by atoms with van der Waals surface area (Å²) in [7, 11) is 1.70. The summed E-state index contributed by atoms with van der Waals surface area (Å²) in [6.07, 6.45) is 0.244. The third kappa shape index (κ3) is 3.64. The van der Waals surface area contributed by atoms with Gasteiger partial charge in [-0.15, -0.1) is 0 Å². The molecule has 0 bridgehead atoms. The Bertz CT molecular complexity index is 563. The molecular formula is C14H15FN2O2. The smallest absolute Gasteiger partial charge is 0.227 e. The van der Waals surface area contributed by atoms with Crippen molar-refractivity contribution in [2.45, 2.75) is 19.9 Å². The van der Waals surface area contributed by atoms with Crippen LogP contribution in [0.4, 0.5) is 4.39 Å². The van der Waals surface area contributed by atoms with Gasteiger partial charge in [0.25, 0.3) is 0 Å². The zero-order valence-corrected chi connectivity index (χ0v) is 10.9. The predicted molar refractivity (Wildman–Crippen MR) is 67.8 cm³/mol. The molecule has 0 saturated carbocycles. The zero-order chi connectivity index (χ0) is 13.8. The number of carbonyl (C=O) groups is 1. The summed E-state index contributed by atoms with van der Waals surface area (Å²) in [5.74, 6) is 0.365. The lowest BCUT2D eigenvalue weighted by Crippen LogP contribution is -2.27. The average Bonchev–Trinajstić information content (AvgIpc) is 2.77. The van der Waals surface area contributed by atoms with E-state index in [0.717, 1.165) is 11.3 Å². The Balaban J connectivity index is 1.94. The fraction of sp³-hybridized carbons (Fsp3) is 0.286. The normalized spacial score (nSPS) is 10.5. The number of nitrogens with zero attached hydrogens (tertiary/aromatic N) is 2. The fourth-order valence-corrected chi connectivity index (χ4v) is 1.74. The minimum Gasteiger partial charge on any atom is -0.361 e. The van der Waals surface area contributed by atoms with Gasteiger partial charge in [0.1, 0.15) is 17.3 Å². The van der Waals surface area contributed by atoms with Crippen LogP contribution in [0.1, 0.15) is 17.0 Å². The number of carbonyl (C=O) groups excluding carboxylic acids is 1. The van der Waals surface area contributed by atoms with E-state index in [4.69, 9.17) is 4.52 Å². The lowest BCUT2D eigenvalue weighted by Gasteiger charge is -2.15. The van der Waals surface area contributed by atoms with E-state index < -0.39 is 0 Å². The third-order valence-corrected chi connectivity index (χ3v) is 2.77. The van der Waals surface area contributed by atoms with Crippen LogP contribution < -0.4 is 0 Å². The Labute approximate surface area is 110 Å². The summed E-state index contributed by atoms with van der Waals surface area (Å²) >= 11 is 0. The Morgan fingerprint density at radius 1 is 1.37 bits per heavy atom. The summed E-state index contributed by atoms with van der Waals surface area (Å²) in [5, 5.41) is 3.84.